The molecule has 0 aliphatic rings. The first-order chi connectivity index (χ1) is 11.3. The van der Waals surface area contributed by atoms with Crippen LogP contribution in [0.3, 0.4) is 0 Å². The van der Waals surface area contributed by atoms with Crippen LogP contribution in [0.4, 0.5) is 4.79 Å². The standard InChI is InChI=1S/C18H20N2O3/c21-14-23-13-17(11-15-7-3-1-4-8-15)20-18(22)19-12-16-9-5-2-6-10-16/h1-10,14,17H,11-13H2,(H2,19,20,22). The van der Waals surface area contributed by atoms with E-state index in [2.05, 4.69) is 10.6 Å². The maximum absolute atomic E-state index is 12.0. The Hall–Kier alpha value is -2.82. The van der Waals surface area contributed by atoms with Gasteiger partial charge in [0.15, 0.2) is 0 Å². The zero-order valence-electron chi connectivity index (χ0n) is 12.8. The number of carbonyl (C=O) groups is 2. The first-order valence-electron chi connectivity index (χ1n) is 7.45. The first-order valence-corrected chi connectivity index (χ1v) is 7.45. The van der Waals surface area contributed by atoms with Crippen molar-refractivity contribution in [1.82, 2.24) is 10.6 Å². The summed E-state index contributed by atoms with van der Waals surface area (Å²) in [6, 6.07) is 18.8. The lowest BCUT2D eigenvalue weighted by Gasteiger charge is -2.18. The second kappa shape index (κ2) is 9.25. The van der Waals surface area contributed by atoms with E-state index in [4.69, 9.17) is 4.74 Å². The average molecular weight is 312 g/mol. The molecule has 2 N–H and O–H groups in total. The smallest absolute Gasteiger partial charge is 0.315 e. The highest BCUT2D eigenvalue weighted by atomic mass is 16.5. The Morgan fingerprint density at radius 2 is 1.61 bits per heavy atom. The molecule has 2 amide bonds. The summed E-state index contributed by atoms with van der Waals surface area (Å²) in [6.45, 7) is 0.970. The van der Waals surface area contributed by atoms with Crippen molar-refractivity contribution in [2.24, 2.45) is 0 Å². The summed E-state index contributed by atoms with van der Waals surface area (Å²) in [5.41, 5.74) is 2.08. The predicted octanol–water partition coefficient (Wildman–Crippen LogP) is 2.27. The number of amides is 2. The summed E-state index contributed by atoms with van der Waals surface area (Å²) in [5, 5.41) is 5.63. The van der Waals surface area contributed by atoms with E-state index in [0.717, 1.165) is 11.1 Å². The molecule has 0 saturated carbocycles. The maximum atomic E-state index is 12.0. The van der Waals surface area contributed by atoms with Crippen LogP contribution in [0.1, 0.15) is 11.1 Å². The first kappa shape index (κ1) is 16.5. The Kier molecular flexibility index (Phi) is 6.65. The molecule has 1 atom stereocenters. The van der Waals surface area contributed by atoms with Crippen LogP contribution in [0.15, 0.2) is 60.7 Å². The van der Waals surface area contributed by atoms with Gasteiger partial charge in [0.05, 0.1) is 6.04 Å². The normalized spacial score (nSPS) is 11.3. The van der Waals surface area contributed by atoms with Crippen LogP contribution in [-0.4, -0.2) is 25.2 Å². The van der Waals surface area contributed by atoms with E-state index < -0.39 is 0 Å². The second-order valence-corrected chi connectivity index (χ2v) is 5.13. The number of hydrogen-bond donors (Lipinski definition) is 2. The molecular formula is C18H20N2O3. The molecule has 0 aliphatic heterocycles. The van der Waals surface area contributed by atoms with Crippen molar-refractivity contribution in [2.45, 2.75) is 19.0 Å². The van der Waals surface area contributed by atoms with E-state index in [1.807, 2.05) is 60.7 Å². The molecule has 0 fully saturated rings. The quantitative estimate of drug-likeness (QED) is 0.735. The molecule has 5 nitrogen and oxygen atoms in total. The van der Waals surface area contributed by atoms with E-state index in [9.17, 15) is 9.59 Å². The molecule has 0 spiro atoms. The van der Waals surface area contributed by atoms with Gasteiger partial charge in [0, 0.05) is 6.54 Å². The van der Waals surface area contributed by atoms with E-state index in [1.54, 1.807) is 0 Å². The van der Waals surface area contributed by atoms with Gasteiger partial charge in [-0.3, -0.25) is 4.79 Å². The number of nitrogens with one attached hydrogen (secondary N) is 2. The molecule has 0 aliphatic carbocycles. The molecule has 0 saturated heterocycles. The highest BCUT2D eigenvalue weighted by molar-refractivity contribution is 5.74. The minimum atomic E-state index is -0.288. The van der Waals surface area contributed by atoms with Gasteiger partial charge in [-0.2, -0.15) is 0 Å². The molecule has 0 aromatic heterocycles. The Labute approximate surface area is 135 Å². The number of hydrogen-bond acceptors (Lipinski definition) is 3. The molecule has 0 radical (unpaired) electrons. The van der Waals surface area contributed by atoms with Crippen molar-refractivity contribution < 1.29 is 14.3 Å². The fraction of sp³-hybridized carbons (Fsp3) is 0.222. The number of carbonyl (C=O) groups excluding carboxylic acids is 2. The lowest BCUT2D eigenvalue weighted by atomic mass is 10.1. The van der Waals surface area contributed by atoms with Gasteiger partial charge in [0.2, 0.25) is 0 Å². The van der Waals surface area contributed by atoms with Crippen molar-refractivity contribution in [3.8, 4) is 0 Å². The minimum Gasteiger partial charge on any atom is -0.466 e. The van der Waals surface area contributed by atoms with Crippen molar-refractivity contribution in [3.05, 3.63) is 71.8 Å². The molecule has 5 heteroatoms. The Morgan fingerprint density at radius 1 is 1.00 bits per heavy atom. The monoisotopic (exact) mass is 312 g/mol. The van der Waals surface area contributed by atoms with Gasteiger partial charge in [-0.05, 0) is 17.5 Å². The third-order valence-electron chi connectivity index (χ3n) is 3.32. The van der Waals surface area contributed by atoms with Gasteiger partial charge in [0.1, 0.15) is 6.61 Å². The molecule has 2 rings (SSSR count). The average Bonchev–Trinajstić information content (AvgIpc) is 2.60. The molecule has 120 valence electrons. The van der Waals surface area contributed by atoms with Crippen LogP contribution in [-0.2, 0) is 22.5 Å². The molecule has 1 unspecified atom stereocenters. The highest BCUT2D eigenvalue weighted by Gasteiger charge is 2.13. The number of benzene rings is 2. The molecule has 0 heterocycles. The Bertz CT molecular complexity index is 602. The van der Waals surface area contributed by atoms with Gasteiger partial charge in [0.25, 0.3) is 6.47 Å². The fourth-order valence-electron chi connectivity index (χ4n) is 2.22. The zero-order valence-corrected chi connectivity index (χ0v) is 12.8. The van der Waals surface area contributed by atoms with Crippen molar-refractivity contribution in [1.29, 1.82) is 0 Å². The summed E-state index contributed by atoms with van der Waals surface area (Å²) < 4.78 is 4.81. The van der Waals surface area contributed by atoms with Crippen LogP contribution in [0.5, 0.6) is 0 Å². The maximum Gasteiger partial charge on any atom is 0.315 e. The van der Waals surface area contributed by atoms with E-state index in [0.29, 0.717) is 19.4 Å². The molecular weight excluding hydrogens is 292 g/mol. The van der Waals surface area contributed by atoms with Crippen LogP contribution in [0.2, 0.25) is 0 Å². The van der Waals surface area contributed by atoms with Gasteiger partial charge in [-0.15, -0.1) is 0 Å². The highest BCUT2D eigenvalue weighted by Crippen LogP contribution is 2.04. The molecule has 0 bridgehead atoms. The molecule has 2 aromatic rings. The summed E-state index contributed by atoms with van der Waals surface area (Å²) in [6.07, 6.45) is 0.591. The Morgan fingerprint density at radius 3 is 2.22 bits per heavy atom. The summed E-state index contributed by atoms with van der Waals surface area (Å²) in [5.74, 6) is 0. The summed E-state index contributed by atoms with van der Waals surface area (Å²) in [7, 11) is 0. The molecule has 2 aromatic carbocycles. The van der Waals surface area contributed by atoms with E-state index in [1.165, 1.54) is 0 Å². The van der Waals surface area contributed by atoms with Gasteiger partial charge < -0.3 is 15.4 Å². The number of rotatable bonds is 8. The summed E-state index contributed by atoms with van der Waals surface area (Å²) in [4.78, 5) is 22.4. The largest absolute Gasteiger partial charge is 0.466 e. The number of ether oxygens (including phenoxy) is 1. The SMILES string of the molecule is O=COCC(Cc1ccccc1)NC(=O)NCc1ccccc1. The zero-order chi connectivity index (χ0) is 16.3. The third kappa shape index (κ3) is 6.22. The van der Waals surface area contributed by atoms with Crippen LogP contribution in [0.25, 0.3) is 0 Å². The topological polar surface area (TPSA) is 67.4 Å². The van der Waals surface area contributed by atoms with Crippen molar-refractivity contribution in [3.63, 3.8) is 0 Å². The molecule has 23 heavy (non-hydrogen) atoms. The van der Waals surface area contributed by atoms with Crippen LogP contribution < -0.4 is 10.6 Å². The third-order valence-corrected chi connectivity index (χ3v) is 3.32. The summed E-state index contributed by atoms with van der Waals surface area (Å²) >= 11 is 0. The van der Waals surface area contributed by atoms with E-state index in [-0.39, 0.29) is 18.7 Å². The number of urea groups is 1. The van der Waals surface area contributed by atoms with Crippen LogP contribution >= 0.6 is 0 Å². The predicted molar refractivity (Wildman–Crippen MR) is 87.8 cm³/mol. The van der Waals surface area contributed by atoms with Crippen molar-refractivity contribution >= 4 is 12.5 Å². The lowest BCUT2D eigenvalue weighted by molar-refractivity contribution is -0.129. The van der Waals surface area contributed by atoms with Gasteiger partial charge in [-0.25, -0.2) is 4.79 Å². The Balaban J connectivity index is 1.86. The van der Waals surface area contributed by atoms with Gasteiger partial charge in [-0.1, -0.05) is 60.7 Å². The van der Waals surface area contributed by atoms with Crippen molar-refractivity contribution in [2.75, 3.05) is 6.61 Å². The second-order valence-electron chi connectivity index (χ2n) is 5.13. The van der Waals surface area contributed by atoms with Crippen LogP contribution in [0, 0.1) is 0 Å². The van der Waals surface area contributed by atoms with Gasteiger partial charge >= 0.3 is 6.03 Å². The van der Waals surface area contributed by atoms with E-state index >= 15 is 0 Å². The lowest BCUT2D eigenvalue weighted by Crippen LogP contribution is -2.45. The fourth-order valence-corrected chi connectivity index (χ4v) is 2.22. The minimum absolute atomic E-state index is 0.136.